The highest BCUT2D eigenvalue weighted by Crippen LogP contribution is 2.65. The van der Waals surface area contributed by atoms with Gasteiger partial charge in [0.2, 0.25) is 0 Å². The zero-order chi connectivity index (χ0) is 32.2. The van der Waals surface area contributed by atoms with Crippen molar-refractivity contribution in [1.29, 1.82) is 0 Å². The molecule has 0 rings (SSSR count). The molecule has 1 atom stereocenters. The molecule has 0 unspecified atom stereocenters. The summed E-state index contributed by atoms with van der Waals surface area (Å²) in [5.41, 5.74) is 0. The molecule has 0 aliphatic heterocycles. The Balaban J connectivity index is 6.87. The highest BCUT2D eigenvalue weighted by atomic mass is 19.4. The van der Waals surface area contributed by atoms with Gasteiger partial charge in [0.15, 0.2) is 0 Å². The lowest BCUT2D eigenvalue weighted by atomic mass is 9.87. The first-order chi connectivity index (χ1) is 16.6. The van der Waals surface area contributed by atoms with E-state index in [2.05, 4.69) is 0 Å². The molecule has 0 spiro atoms. The molecule has 0 aliphatic carbocycles. The Kier molecular flexibility index (Phi) is 9.30. The molecule has 0 fully saturated rings. The number of hydrogen-bond donors (Lipinski definition) is 2. The molecular formula is C16H12F19NO3. The minimum absolute atomic E-state index is 0.421. The summed E-state index contributed by atoms with van der Waals surface area (Å²) in [7, 11) is 0. The van der Waals surface area contributed by atoms with Crippen molar-refractivity contribution in [2.24, 2.45) is 5.92 Å². The predicted octanol–water partition coefficient (Wildman–Crippen LogP) is 6.25. The van der Waals surface area contributed by atoms with Crippen molar-refractivity contribution in [1.82, 2.24) is 5.32 Å². The molecule has 23 heteroatoms. The van der Waals surface area contributed by atoms with Crippen LogP contribution in [0.3, 0.4) is 0 Å². The van der Waals surface area contributed by atoms with Crippen LogP contribution >= 0.6 is 0 Å². The Morgan fingerprint density at radius 3 is 1.10 bits per heavy atom. The first kappa shape index (κ1) is 36.6. The number of halogens is 19. The lowest BCUT2D eigenvalue weighted by molar-refractivity contribution is -0.467. The molecule has 0 heterocycles. The molecule has 0 aromatic rings. The Hall–Kier alpha value is -2.39. The summed E-state index contributed by atoms with van der Waals surface area (Å²) in [6, 6.07) is -2.69. The van der Waals surface area contributed by atoms with Crippen LogP contribution in [0, 0.1) is 5.92 Å². The topological polar surface area (TPSA) is 66.4 Å². The highest BCUT2D eigenvalue weighted by Gasteiger charge is 2.97. The van der Waals surface area contributed by atoms with Crippen molar-refractivity contribution < 1.29 is 98.1 Å². The Morgan fingerprint density at radius 2 is 0.846 bits per heavy atom. The van der Waals surface area contributed by atoms with Crippen molar-refractivity contribution >= 4 is 11.9 Å². The molecule has 0 aromatic carbocycles. The van der Waals surface area contributed by atoms with Gasteiger partial charge in [0.1, 0.15) is 6.04 Å². The molecule has 0 saturated heterocycles. The second-order valence-corrected chi connectivity index (χ2v) is 8.09. The van der Waals surface area contributed by atoms with Crippen LogP contribution in [0.15, 0.2) is 0 Å². The predicted molar refractivity (Wildman–Crippen MR) is 84.7 cm³/mol. The first-order valence-electron chi connectivity index (χ1n) is 9.27. The van der Waals surface area contributed by atoms with Crippen LogP contribution in [0.5, 0.6) is 0 Å². The maximum atomic E-state index is 13.8. The average Bonchev–Trinajstić information content (AvgIpc) is 2.70. The number of amides is 1. The third-order valence-electron chi connectivity index (χ3n) is 4.71. The third kappa shape index (κ3) is 5.24. The fourth-order valence-corrected chi connectivity index (χ4v) is 2.45. The lowest BCUT2D eigenvalue weighted by Crippen LogP contribution is -2.76. The quantitative estimate of drug-likeness (QED) is 0.252. The van der Waals surface area contributed by atoms with Crippen molar-refractivity contribution in [3.05, 3.63) is 0 Å². The van der Waals surface area contributed by atoms with E-state index in [0.717, 1.165) is 13.8 Å². The normalized spacial score (nSPS) is 16.4. The summed E-state index contributed by atoms with van der Waals surface area (Å²) < 4.78 is 252. The van der Waals surface area contributed by atoms with Crippen LogP contribution in [0.25, 0.3) is 0 Å². The number of carbonyl (C=O) groups is 2. The van der Waals surface area contributed by atoms with Gasteiger partial charge < -0.3 is 10.4 Å². The van der Waals surface area contributed by atoms with Crippen molar-refractivity contribution in [2.45, 2.75) is 79.9 Å². The van der Waals surface area contributed by atoms with Crippen LogP contribution in [0.4, 0.5) is 83.4 Å². The molecule has 0 radical (unpaired) electrons. The highest BCUT2D eigenvalue weighted by molar-refractivity contribution is 5.89. The van der Waals surface area contributed by atoms with Gasteiger partial charge in [0.25, 0.3) is 5.91 Å². The minimum Gasteiger partial charge on any atom is -0.480 e. The summed E-state index contributed by atoms with van der Waals surface area (Å²) in [6.07, 6.45) is -8.96. The molecular weight excluding hydrogens is 615 g/mol. The van der Waals surface area contributed by atoms with Crippen LogP contribution in [0.1, 0.15) is 20.3 Å². The van der Waals surface area contributed by atoms with Crippen LogP contribution in [-0.4, -0.2) is 76.6 Å². The van der Waals surface area contributed by atoms with E-state index >= 15 is 0 Å². The summed E-state index contributed by atoms with van der Waals surface area (Å²) in [4.78, 5) is 22.2. The molecule has 0 aromatic heterocycles. The molecule has 232 valence electrons. The number of alkyl halides is 19. The van der Waals surface area contributed by atoms with E-state index in [0.29, 0.717) is 5.32 Å². The van der Waals surface area contributed by atoms with E-state index in [9.17, 15) is 93.0 Å². The second kappa shape index (κ2) is 9.91. The van der Waals surface area contributed by atoms with Crippen molar-refractivity contribution in [2.75, 3.05) is 0 Å². The summed E-state index contributed by atoms with van der Waals surface area (Å²) in [5, 5.41) is 9.13. The van der Waals surface area contributed by atoms with Crippen molar-refractivity contribution in [3.63, 3.8) is 0 Å². The molecule has 4 nitrogen and oxygen atoms in total. The van der Waals surface area contributed by atoms with Gasteiger partial charge in [-0.1, -0.05) is 13.8 Å². The van der Waals surface area contributed by atoms with Crippen LogP contribution in [0.2, 0.25) is 0 Å². The minimum atomic E-state index is -9.11. The number of aliphatic carboxylic acids is 1. The molecule has 2 N–H and O–H groups in total. The Morgan fingerprint density at radius 1 is 0.564 bits per heavy atom. The zero-order valence-electron chi connectivity index (χ0n) is 18.3. The standard InChI is InChI=1S/C16H12F19NO3/c1-4(2)3-5(6(37)38)36-7(39)8(17,18)9(19,20)10(21,22)11(23,24)12(25,26)13(27,28)14(29,30)15(31,32)16(33,34)35/h4-5H,3H2,1-2H3,(H,36,39)(H,37,38)/t5-/m0/s1. The van der Waals surface area contributed by atoms with Gasteiger partial charge in [-0.25, -0.2) is 4.79 Å². The van der Waals surface area contributed by atoms with E-state index < -0.39 is 83.8 Å². The molecule has 39 heavy (non-hydrogen) atoms. The third-order valence-corrected chi connectivity index (χ3v) is 4.71. The molecule has 0 aliphatic rings. The van der Waals surface area contributed by atoms with E-state index in [1.807, 2.05) is 0 Å². The van der Waals surface area contributed by atoms with Gasteiger partial charge >= 0.3 is 59.5 Å². The largest absolute Gasteiger partial charge is 0.480 e. The second-order valence-electron chi connectivity index (χ2n) is 8.09. The number of carbonyl (C=O) groups excluding carboxylic acids is 1. The SMILES string of the molecule is CC(C)C[C@H](NC(=O)C(F)(F)C(F)(F)C(F)(F)C(F)(F)C(F)(F)C(F)(F)C(F)(F)C(F)(F)C(F)(F)F)C(=O)O. The zero-order valence-corrected chi connectivity index (χ0v) is 18.3. The maximum absolute atomic E-state index is 13.8. The fraction of sp³-hybridized carbons (Fsp3) is 0.875. The van der Waals surface area contributed by atoms with E-state index in [4.69, 9.17) is 5.11 Å². The van der Waals surface area contributed by atoms with Gasteiger partial charge in [0, 0.05) is 0 Å². The number of rotatable bonds is 12. The lowest BCUT2D eigenvalue weighted by Gasteiger charge is -2.43. The first-order valence-corrected chi connectivity index (χ1v) is 9.27. The smallest absolute Gasteiger partial charge is 0.460 e. The molecule has 0 bridgehead atoms. The Bertz CT molecular complexity index is 924. The number of carboxylic acid groups (broad SMARTS) is 1. The maximum Gasteiger partial charge on any atom is 0.460 e. The summed E-state index contributed by atoms with van der Waals surface area (Å²) >= 11 is 0. The van der Waals surface area contributed by atoms with Crippen molar-refractivity contribution in [3.8, 4) is 0 Å². The monoisotopic (exact) mass is 627 g/mol. The molecule has 0 saturated carbocycles. The number of hydrogen-bond acceptors (Lipinski definition) is 2. The van der Waals surface area contributed by atoms with E-state index in [-0.39, 0.29) is 0 Å². The van der Waals surface area contributed by atoms with Crippen LogP contribution < -0.4 is 5.32 Å². The van der Waals surface area contributed by atoms with Crippen LogP contribution in [-0.2, 0) is 9.59 Å². The average molecular weight is 627 g/mol. The fourth-order valence-electron chi connectivity index (χ4n) is 2.45. The van der Waals surface area contributed by atoms with Gasteiger partial charge in [0.05, 0.1) is 0 Å². The molecule has 1 amide bonds. The van der Waals surface area contributed by atoms with E-state index in [1.165, 1.54) is 0 Å². The Labute approximate surface area is 202 Å². The summed E-state index contributed by atoms with van der Waals surface area (Å²) in [5.74, 6) is -76.3. The van der Waals surface area contributed by atoms with E-state index in [1.54, 1.807) is 0 Å². The van der Waals surface area contributed by atoms with Gasteiger partial charge in [-0.05, 0) is 12.3 Å². The van der Waals surface area contributed by atoms with Gasteiger partial charge in [-0.15, -0.1) is 0 Å². The summed E-state index contributed by atoms with van der Waals surface area (Å²) in [6.45, 7) is 2.17. The number of carboxylic acids is 1. The van der Waals surface area contributed by atoms with Gasteiger partial charge in [-0.3, -0.25) is 4.79 Å². The van der Waals surface area contributed by atoms with Gasteiger partial charge in [-0.2, -0.15) is 83.4 Å². The number of nitrogens with one attached hydrogen (secondary N) is 1.